The molecule has 0 spiro atoms. The molecule has 0 heterocycles. The Kier molecular flexibility index (Phi) is 16.9. The summed E-state index contributed by atoms with van der Waals surface area (Å²) in [6.45, 7) is 15.6. The van der Waals surface area contributed by atoms with Gasteiger partial charge in [0.2, 0.25) is 29.9 Å². The first kappa shape index (κ1) is 38.8. The highest BCUT2D eigenvalue weighted by atomic mass is 16.2. The molecule has 1 radical (unpaired) electrons. The lowest BCUT2D eigenvalue weighted by atomic mass is 9.97. The van der Waals surface area contributed by atoms with Gasteiger partial charge in [0.1, 0.15) is 18.1 Å². The largest absolute Gasteiger partial charge is 0.344 e. The van der Waals surface area contributed by atoms with Crippen LogP contribution in [0.15, 0.2) is 30.3 Å². The number of carbonyl (C=O) groups excluding carboxylic acids is 5. The monoisotopic (exact) mass is 614 g/mol. The van der Waals surface area contributed by atoms with Gasteiger partial charge in [0.05, 0.1) is 12.1 Å². The Morgan fingerprint density at radius 3 is 1.70 bits per heavy atom. The molecule has 0 bridgehead atoms. The molecule has 0 saturated heterocycles. The molecule has 247 valence electrons. The average molecular weight is 615 g/mol. The number of carbonyl (C=O) groups is 4. The van der Waals surface area contributed by atoms with Crippen molar-refractivity contribution in [1.82, 2.24) is 20.9 Å². The third-order valence-corrected chi connectivity index (χ3v) is 7.28. The quantitative estimate of drug-likeness (QED) is 0.188. The van der Waals surface area contributed by atoms with Crippen molar-refractivity contribution in [3.8, 4) is 0 Å². The van der Waals surface area contributed by atoms with E-state index in [0.717, 1.165) is 5.56 Å². The highest BCUT2D eigenvalue weighted by Gasteiger charge is 2.35. The molecule has 1 aromatic rings. The van der Waals surface area contributed by atoms with Crippen molar-refractivity contribution in [2.75, 3.05) is 7.05 Å². The van der Waals surface area contributed by atoms with Crippen molar-refractivity contribution in [2.45, 2.75) is 118 Å². The van der Waals surface area contributed by atoms with Crippen LogP contribution in [0.2, 0.25) is 0 Å². The van der Waals surface area contributed by atoms with Gasteiger partial charge in [0.15, 0.2) is 0 Å². The predicted octanol–water partition coefficient (Wildman–Crippen LogP) is 3.13. The van der Waals surface area contributed by atoms with Crippen LogP contribution < -0.4 is 21.7 Å². The van der Waals surface area contributed by atoms with Crippen LogP contribution in [0, 0.1) is 23.7 Å². The summed E-state index contributed by atoms with van der Waals surface area (Å²) in [4.78, 5) is 66.8. The molecule has 44 heavy (non-hydrogen) atoms. The number of rotatable bonds is 19. The molecular formula is C34H56N5O5. The second-order valence-electron chi connectivity index (χ2n) is 13.6. The van der Waals surface area contributed by atoms with Crippen LogP contribution in [-0.2, 0) is 30.4 Å². The molecule has 0 fully saturated rings. The number of hydrogen-bond donors (Lipinski definition) is 4. The molecule has 5 N–H and O–H groups in total. The minimum Gasteiger partial charge on any atom is -0.344 e. The van der Waals surface area contributed by atoms with Crippen LogP contribution >= 0.6 is 0 Å². The normalized spacial score (nSPS) is 15.0. The van der Waals surface area contributed by atoms with Crippen molar-refractivity contribution in [3.63, 3.8) is 0 Å². The number of amides is 4. The van der Waals surface area contributed by atoms with Crippen LogP contribution in [0.5, 0.6) is 0 Å². The summed E-state index contributed by atoms with van der Waals surface area (Å²) in [5, 5.41) is 8.41. The van der Waals surface area contributed by atoms with E-state index in [-0.39, 0.29) is 23.7 Å². The first-order valence-corrected chi connectivity index (χ1v) is 15.9. The van der Waals surface area contributed by atoms with Gasteiger partial charge >= 0.3 is 0 Å². The first-order chi connectivity index (χ1) is 20.5. The fourth-order valence-electron chi connectivity index (χ4n) is 5.07. The first-order valence-electron chi connectivity index (χ1n) is 15.9. The smallest absolute Gasteiger partial charge is 0.245 e. The van der Waals surface area contributed by atoms with Gasteiger partial charge in [-0.2, -0.15) is 0 Å². The third kappa shape index (κ3) is 14.0. The summed E-state index contributed by atoms with van der Waals surface area (Å²) in [5.74, 6) is -1.41. The minimum absolute atomic E-state index is 0.0518. The molecule has 0 aliphatic carbocycles. The van der Waals surface area contributed by atoms with E-state index in [1.165, 1.54) is 4.90 Å². The van der Waals surface area contributed by atoms with E-state index in [0.29, 0.717) is 32.1 Å². The van der Waals surface area contributed by atoms with Crippen molar-refractivity contribution >= 4 is 29.9 Å². The van der Waals surface area contributed by atoms with Crippen molar-refractivity contribution in [2.24, 2.45) is 29.4 Å². The summed E-state index contributed by atoms with van der Waals surface area (Å²) in [7, 11) is 1.55. The molecule has 4 amide bonds. The second kappa shape index (κ2) is 19.2. The van der Waals surface area contributed by atoms with E-state index in [2.05, 4.69) is 16.0 Å². The van der Waals surface area contributed by atoms with E-state index >= 15 is 0 Å². The fraction of sp³-hybridized carbons (Fsp3) is 0.676. The van der Waals surface area contributed by atoms with E-state index in [4.69, 9.17) is 5.73 Å². The van der Waals surface area contributed by atoms with Gasteiger partial charge in [0.25, 0.3) is 0 Å². The molecule has 10 nitrogen and oxygen atoms in total. The predicted molar refractivity (Wildman–Crippen MR) is 174 cm³/mol. The molecular weight excluding hydrogens is 558 g/mol. The topological polar surface area (TPSA) is 151 Å². The van der Waals surface area contributed by atoms with Gasteiger partial charge in [-0.25, -0.2) is 0 Å². The molecule has 10 heteroatoms. The van der Waals surface area contributed by atoms with E-state index < -0.39 is 53.8 Å². The van der Waals surface area contributed by atoms with Gasteiger partial charge in [0, 0.05) is 7.05 Å². The highest BCUT2D eigenvalue weighted by molar-refractivity contribution is 5.95. The van der Waals surface area contributed by atoms with Gasteiger partial charge in [-0.3, -0.25) is 24.0 Å². The minimum atomic E-state index is -0.897. The molecule has 0 aliphatic rings. The fourth-order valence-corrected chi connectivity index (χ4v) is 5.07. The van der Waals surface area contributed by atoms with Crippen LogP contribution in [0.4, 0.5) is 0 Å². The Balaban J connectivity index is 3.17. The third-order valence-electron chi connectivity index (χ3n) is 7.28. The number of likely N-dealkylation sites (N-methyl/N-ethyl adjacent to an activating group) is 1. The molecule has 1 rings (SSSR count). The Hall–Kier alpha value is -3.27. The van der Waals surface area contributed by atoms with Crippen LogP contribution in [0.3, 0.4) is 0 Å². The summed E-state index contributed by atoms with van der Waals surface area (Å²) < 4.78 is 0. The summed E-state index contributed by atoms with van der Waals surface area (Å²) >= 11 is 0. The summed E-state index contributed by atoms with van der Waals surface area (Å²) in [6.07, 6.45) is 3.69. The number of nitrogens with zero attached hydrogens (tertiary/aromatic N) is 1. The van der Waals surface area contributed by atoms with Gasteiger partial charge < -0.3 is 26.6 Å². The Bertz CT molecular complexity index is 1060. The van der Waals surface area contributed by atoms with Gasteiger partial charge in [-0.1, -0.05) is 85.7 Å². The molecule has 5 atom stereocenters. The summed E-state index contributed by atoms with van der Waals surface area (Å²) in [6, 6.07) is 5.12. The highest BCUT2D eigenvalue weighted by Crippen LogP contribution is 2.17. The van der Waals surface area contributed by atoms with E-state index in [1.807, 2.05) is 92.0 Å². The van der Waals surface area contributed by atoms with Crippen molar-refractivity contribution in [3.05, 3.63) is 35.9 Å². The van der Waals surface area contributed by atoms with Crippen LogP contribution in [-0.4, -0.2) is 72.1 Å². The molecule has 0 aliphatic heterocycles. The maximum atomic E-state index is 13.9. The van der Waals surface area contributed by atoms with Gasteiger partial charge in [-0.05, 0) is 61.3 Å². The van der Waals surface area contributed by atoms with Crippen molar-refractivity contribution in [1.29, 1.82) is 0 Å². The average Bonchev–Trinajstić information content (AvgIpc) is 2.93. The molecule has 1 aromatic carbocycles. The zero-order chi connectivity index (χ0) is 33.6. The van der Waals surface area contributed by atoms with E-state index in [1.54, 1.807) is 7.05 Å². The second-order valence-corrected chi connectivity index (χ2v) is 13.6. The summed E-state index contributed by atoms with van der Waals surface area (Å²) in [5.41, 5.74) is 7.12. The molecule has 0 aromatic heterocycles. The number of nitrogens with two attached hydrogens (primary N) is 1. The maximum absolute atomic E-state index is 13.9. The lowest BCUT2D eigenvalue weighted by Crippen LogP contribution is -2.59. The maximum Gasteiger partial charge on any atom is 0.245 e. The zero-order valence-corrected chi connectivity index (χ0v) is 28.2. The zero-order valence-electron chi connectivity index (χ0n) is 28.2. The Morgan fingerprint density at radius 1 is 0.705 bits per heavy atom. The standard InChI is InChI=1S/C34H56N5O5/c1-21(2)15-26(20-40)36-32(42)28(16-22(3)4)37-33(43)30(18-24(7)8)39(9)34(44)29(17-23(5)6)38-31(41)27(35)19-25-13-11-10-12-14-25/h10-14,21-24,26-30H,15-19,35H2,1-9H3,(H,36,42)(H,37,43)(H,38,41)/t26-,27+,28+,29+,30-/m0/s1. The Labute approximate surface area is 264 Å². The molecule has 0 unspecified atom stereocenters. The lowest BCUT2D eigenvalue weighted by molar-refractivity contribution is -0.143. The Morgan fingerprint density at radius 2 is 1.20 bits per heavy atom. The number of hydrogen-bond acceptors (Lipinski definition) is 6. The van der Waals surface area contributed by atoms with Crippen LogP contribution in [0.25, 0.3) is 0 Å². The number of benzene rings is 1. The SMILES string of the molecule is CC(C)C[C@@H]([C]=O)NC(=O)[C@@H](CC(C)C)NC(=O)[C@H](CC(C)C)N(C)C(=O)[C@@H](CC(C)C)NC(=O)[C@H](N)Cc1ccccc1. The number of nitrogens with one attached hydrogen (secondary N) is 3. The van der Waals surface area contributed by atoms with Crippen LogP contribution in [0.1, 0.15) is 86.6 Å². The van der Waals surface area contributed by atoms with Gasteiger partial charge in [-0.15, -0.1) is 0 Å². The van der Waals surface area contributed by atoms with Crippen molar-refractivity contribution < 1.29 is 24.0 Å². The molecule has 0 saturated carbocycles. The van der Waals surface area contributed by atoms with E-state index in [9.17, 15) is 24.0 Å². The lowest BCUT2D eigenvalue weighted by Gasteiger charge is -2.34.